The van der Waals surface area contributed by atoms with E-state index in [0.717, 1.165) is 30.4 Å². The van der Waals surface area contributed by atoms with Gasteiger partial charge in [-0.2, -0.15) is 0 Å². The molecule has 0 aromatic carbocycles. The number of aliphatic hydroxyl groups excluding tert-OH is 1. The van der Waals surface area contributed by atoms with Crippen molar-refractivity contribution in [3.8, 4) is 0 Å². The minimum Gasteiger partial charge on any atom is -0.395 e. The van der Waals surface area contributed by atoms with Crippen LogP contribution in [0.3, 0.4) is 0 Å². The zero-order valence-electron chi connectivity index (χ0n) is 32.5. The number of nitrogens with zero attached hydrogens (tertiary/aromatic N) is 1. The van der Waals surface area contributed by atoms with Crippen LogP contribution in [0.4, 0.5) is 0 Å². The number of nitrogens with two attached hydrogens (primary N) is 1. The van der Waals surface area contributed by atoms with E-state index in [1.165, 1.54) is 161 Å². The Morgan fingerprint density at radius 2 is 0.936 bits per heavy atom. The number of hydrogen-bond acceptors (Lipinski definition) is 3. The van der Waals surface area contributed by atoms with Gasteiger partial charge in [-0.3, -0.25) is 4.79 Å². The maximum Gasteiger partial charge on any atom is 0.141 e. The van der Waals surface area contributed by atoms with Crippen molar-refractivity contribution < 1.29 is 14.4 Å². The minimum atomic E-state index is -0.302. The molecule has 0 saturated heterocycles. The zero-order valence-corrected chi connectivity index (χ0v) is 32.5. The third-order valence-electron chi connectivity index (χ3n) is 9.95. The van der Waals surface area contributed by atoms with Crippen LogP contribution in [0, 0.1) is 5.92 Å². The van der Waals surface area contributed by atoms with Crippen LogP contribution in [0.5, 0.6) is 0 Å². The van der Waals surface area contributed by atoms with E-state index in [4.69, 9.17) is 5.73 Å². The van der Waals surface area contributed by atoms with E-state index in [0.29, 0.717) is 18.6 Å². The molecular weight excluding hydrogens is 576 g/mol. The Kier molecular flexibility index (Phi) is 34.2. The third kappa shape index (κ3) is 33.3. The van der Waals surface area contributed by atoms with Crippen LogP contribution in [0.25, 0.3) is 0 Å². The van der Waals surface area contributed by atoms with Crippen molar-refractivity contribution >= 4 is 5.78 Å². The second-order valence-electron chi connectivity index (χ2n) is 15.5. The first-order chi connectivity index (χ1) is 22.9. The highest BCUT2D eigenvalue weighted by Crippen LogP contribution is 2.19. The van der Waals surface area contributed by atoms with Crippen molar-refractivity contribution in [2.24, 2.45) is 11.7 Å². The Bertz CT molecular complexity index is 717. The SMILES string of the molecule is CCCCCCCC/C=C\CCCCCCCC[N+](C)(C)CC(CC(N)CO)C(=O)CCCCCCC/C=C\CCCCCCCC. The van der Waals surface area contributed by atoms with E-state index in [9.17, 15) is 9.90 Å². The number of carbonyl (C=O) groups is 1. The molecule has 0 saturated carbocycles. The Morgan fingerprint density at radius 1 is 0.574 bits per heavy atom. The fourth-order valence-corrected chi connectivity index (χ4v) is 6.80. The topological polar surface area (TPSA) is 63.3 Å². The maximum atomic E-state index is 13.3. The van der Waals surface area contributed by atoms with Crippen LogP contribution < -0.4 is 5.73 Å². The summed E-state index contributed by atoms with van der Waals surface area (Å²) >= 11 is 0. The van der Waals surface area contributed by atoms with Gasteiger partial charge in [-0.15, -0.1) is 0 Å². The average Bonchev–Trinajstić information content (AvgIpc) is 3.05. The molecule has 278 valence electrons. The van der Waals surface area contributed by atoms with Crippen LogP contribution in [0.1, 0.15) is 200 Å². The molecule has 0 aliphatic rings. The lowest BCUT2D eigenvalue weighted by Gasteiger charge is -2.34. The van der Waals surface area contributed by atoms with Gasteiger partial charge in [0.15, 0.2) is 0 Å². The molecule has 3 N–H and O–H groups in total. The Morgan fingerprint density at radius 3 is 1.34 bits per heavy atom. The van der Waals surface area contributed by atoms with Crippen molar-refractivity contribution in [2.75, 3.05) is 33.8 Å². The van der Waals surface area contributed by atoms with E-state index >= 15 is 0 Å². The molecule has 2 unspecified atom stereocenters. The predicted octanol–water partition coefficient (Wildman–Crippen LogP) is 12.0. The van der Waals surface area contributed by atoms with Crippen molar-refractivity contribution in [1.82, 2.24) is 0 Å². The summed E-state index contributed by atoms with van der Waals surface area (Å²) < 4.78 is 0.865. The summed E-state index contributed by atoms with van der Waals surface area (Å²) in [5.41, 5.74) is 6.14. The first-order valence-corrected chi connectivity index (χ1v) is 20.9. The molecule has 4 heteroatoms. The summed E-state index contributed by atoms with van der Waals surface area (Å²) in [6.07, 6.45) is 46.0. The second kappa shape index (κ2) is 34.9. The summed E-state index contributed by atoms with van der Waals surface area (Å²) in [6.45, 7) is 6.45. The maximum absolute atomic E-state index is 13.3. The van der Waals surface area contributed by atoms with Gasteiger partial charge < -0.3 is 15.3 Å². The van der Waals surface area contributed by atoms with Crippen molar-refractivity contribution in [3.63, 3.8) is 0 Å². The summed E-state index contributed by atoms with van der Waals surface area (Å²) in [6, 6.07) is -0.302. The van der Waals surface area contributed by atoms with Crippen LogP contribution in [-0.4, -0.2) is 55.2 Å². The van der Waals surface area contributed by atoms with E-state index in [1.807, 2.05) is 0 Å². The highest BCUT2D eigenvalue weighted by molar-refractivity contribution is 5.81. The van der Waals surface area contributed by atoms with E-state index in [1.54, 1.807) is 0 Å². The molecule has 47 heavy (non-hydrogen) atoms. The molecule has 0 fully saturated rings. The van der Waals surface area contributed by atoms with Crippen LogP contribution in [0.2, 0.25) is 0 Å². The lowest BCUT2D eigenvalue weighted by molar-refractivity contribution is -0.892. The highest BCUT2D eigenvalue weighted by Gasteiger charge is 2.28. The van der Waals surface area contributed by atoms with Crippen LogP contribution >= 0.6 is 0 Å². The third-order valence-corrected chi connectivity index (χ3v) is 9.95. The van der Waals surface area contributed by atoms with Gasteiger partial charge in [-0.1, -0.05) is 141 Å². The number of allylic oxidation sites excluding steroid dienone is 4. The Labute approximate surface area is 295 Å². The fraction of sp³-hybridized carbons (Fsp3) is 0.884. The molecular formula is C43H85N2O2+. The number of Topliss-reactive ketones (excluding diaryl/α,β-unsaturated/α-hetero) is 1. The molecule has 2 atom stereocenters. The van der Waals surface area contributed by atoms with E-state index in [-0.39, 0.29) is 18.6 Å². The van der Waals surface area contributed by atoms with Crippen molar-refractivity contribution in [1.29, 1.82) is 0 Å². The quantitative estimate of drug-likeness (QED) is 0.0395. The molecule has 0 aliphatic carbocycles. The molecule has 0 radical (unpaired) electrons. The van der Waals surface area contributed by atoms with Gasteiger partial charge in [-0.05, 0) is 77.0 Å². The molecule has 0 rings (SSSR count). The molecule has 0 aromatic heterocycles. The van der Waals surface area contributed by atoms with Gasteiger partial charge in [0.1, 0.15) is 5.78 Å². The summed E-state index contributed by atoms with van der Waals surface area (Å²) in [5, 5.41) is 9.59. The Balaban J connectivity index is 4.03. The number of aliphatic hydroxyl groups is 1. The first-order valence-electron chi connectivity index (χ1n) is 20.9. The smallest absolute Gasteiger partial charge is 0.141 e. The number of unbranched alkanes of at least 4 members (excludes halogenated alkanes) is 23. The van der Waals surface area contributed by atoms with Crippen LogP contribution in [0.15, 0.2) is 24.3 Å². The number of ketones is 1. The molecule has 0 aliphatic heterocycles. The minimum absolute atomic E-state index is 0.0421. The van der Waals surface area contributed by atoms with E-state index in [2.05, 4.69) is 52.2 Å². The van der Waals surface area contributed by atoms with Gasteiger partial charge in [-0.25, -0.2) is 0 Å². The standard InChI is InChI=1S/C43H85N2O2/c1-5-7-9-11-13-15-17-19-21-23-25-27-29-31-33-35-37-45(3,4)39-41(38-42(44)40-46)43(47)36-34-32-30-28-26-24-22-20-18-16-14-12-10-8-6-2/h19-22,41-42,46H,5-18,23-40,44H2,1-4H3/q+1/b21-19-,22-20-. The number of hydrogen-bond donors (Lipinski definition) is 2. The molecule has 0 amide bonds. The van der Waals surface area contributed by atoms with Crippen molar-refractivity contribution in [2.45, 2.75) is 206 Å². The lowest BCUT2D eigenvalue weighted by Crippen LogP contribution is -2.47. The normalized spacial score (nSPS) is 13.7. The Hall–Kier alpha value is -0.970. The van der Waals surface area contributed by atoms with E-state index < -0.39 is 0 Å². The molecule has 0 spiro atoms. The van der Waals surface area contributed by atoms with Gasteiger partial charge >= 0.3 is 0 Å². The van der Waals surface area contributed by atoms with Crippen LogP contribution in [-0.2, 0) is 4.79 Å². The number of carbonyl (C=O) groups excluding carboxylic acids is 1. The summed E-state index contributed by atoms with van der Waals surface area (Å²) in [7, 11) is 4.54. The summed E-state index contributed by atoms with van der Waals surface area (Å²) in [5.74, 6) is 0.316. The monoisotopic (exact) mass is 662 g/mol. The van der Waals surface area contributed by atoms with Crippen molar-refractivity contribution in [3.05, 3.63) is 24.3 Å². The first kappa shape index (κ1) is 46.0. The number of quaternary nitrogens is 1. The highest BCUT2D eigenvalue weighted by atomic mass is 16.3. The predicted molar refractivity (Wildman–Crippen MR) is 209 cm³/mol. The lowest BCUT2D eigenvalue weighted by atomic mass is 9.91. The van der Waals surface area contributed by atoms with Gasteiger partial charge in [0.2, 0.25) is 0 Å². The van der Waals surface area contributed by atoms with Gasteiger partial charge in [0.05, 0.1) is 39.7 Å². The fourth-order valence-electron chi connectivity index (χ4n) is 6.80. The number of rotatable bonds is 37. The van der Waals surface area contributed by atoms with Gasteiger partial charge in [0.25, 0.3) is 0 Å². The molecule has 0 aromatic rings. The molecule has 0 bridgehead atoms. The van der Waals surface area contributed by atoms with Gasteiger partial charge in [0, 0.05) is 12.5 Å². The second-order valence-corrected chi connectivity index (χ2v) is 15.5. The molecule has 0 heterocycles. The summed E-state index contributed by atoms with van der Waals surface area (Å²) in [4.78, 5) is 13.3. The largest absolute Gasteiger partial charge is 0.395 e. The average molecular weight is 662 g/mol. The molecule has 4 nitrogen and oxygen atoms in total. The zero-order chi connectivity index (χ0) is 34.7.